The van der Waals surface area contributed by atoms with E-state index < -0.39 is 11.0 Å². The molecule has 42 heavy (non-hydrogen) atoms. The summed E-state index contributed by atoms with van der Waals surface area (Å²) in [5, 5.41) is 30.4. The Morgan fingerprint density at radius 1 is 1.00 bits per heavy atom. The van der Waals surface area contributed by atoms with Gasteiger partial charge in [0, 0.05) is 72.4 Å². The van der Waals surface area contributed by atoms with Crippen LogP contribution in [0.3, 0.4) is 0 Å². The van der Waals surface area contributed by atoms with Gasteiger partial charge in [-0.3, -0.25) is 9.59 Å². The maximum absolute atomic E-state index is 12.3. The summed E-state index contributed by atoms with van der Waals surface area (Å²) < 4.78 is 10.5. The molecule has 245 valence electrons. The number of carbonyl (C=O) groups excluding carboxylic acids is 2. The van der Waals surface area contributed by atoms with Crippen molar-refractivity contribution in [3.63, 3.8) is 0 Å². The summed E-state index contributed by atoms with van der Waals surface area (Å²) >= 11 is 0. The molecule has 1 aliphatic carbocycles. The Bertz CT molecular complexity index is 735. The van der Waals surface area contributed by atoms with E-state index in [2.05, 4.69) is 22.9 Å². The monoisotopic (exact) mass is 676 g/mol. The molecule has 5 N–H and O–H groups in total. The molecular formula is C31H61N3O7Y. The number of hydrogen-bond acceptors (Lipinski definition) is 8. The first-order chi connectivity index (χ1) is 19.2. The number of amides is 2. The number of hydroxylamine groups is 1. The van der Waals surface area contributed by atoms with E-state index in [4.69, 9.17) is 14.7 Å². The van der Waals surface area contributed by atoms with Gasteiger partial charge in [0.25, 0.3) is 0 Å². The van der Waals surface area contributed by atoms with Crippen molar-refractivity contribution in [3.05, 3.63) is 12.2 Å². The Morgan fingerprint density at radius 2 is 1.64 bits per heavy atom. The minimum atomic E-state index is -0.667. The van der Waals surface area contributed by atoms with Crippen molar-refractivity contribution < 1.29 is 67.2 Å². The van der Waals surface area contributed by atoms with Crippen LogP contribution >= 0.6 is 0 Å². The average Bonchev–Trinajstić information content (AvgIpc) is 3.34. The van der Waals surface area contributed by atoms with E-state index in [1.807, 2.05) is 41.5 Å². The molecule has 11 heteroatoms. The van der Waals surface area contributed by atoms with Crippen molar-refractivity contribution in [2.24, 2.45) is 5.41 Å². The molecule has 2 amide bonds. The van der Waals surface area contributed by atoms with Crippen molar-refractivity contribution in [3.8, 4) is 0 Å². The number of hydrogen-bond donors (Lipinski definition) is 5. The first-order valence-corrected chi connectivity index (χ1v) is 15.3. The van der Waals surface area contributed by atoms with Crippen LogP contribution in [-0.4, -0.2) is 95.9 Å². The molecule has 0 aromatic rings. The third kappa shape index (κ3) is 23.0. The topological polar surface area (TPSA) is 141 Å². The third-order valence-corrected chi connectivity index (χ3v) is 7.03. The second kappa shape index (κ2) is 24.8. The zero-order valence-electron chi connectivity index (χ0n) is 27.5. The van der Waals surface area contributed by atoms with Crippen LogP contribution in [0.25, 0.3) is 0 Å². The zero-order valence-corrected chi connectivity index (χ0v) is 30.3. The first kappa shape index (κ1) is 43.7. The molecule has 10 nitrogen and oxygen atoms in total. The molecule has 1 radical (unpaired) electrons. The van der Waals surface area contributed by atoms with Crippen LogP contribution in [0.1, 0.15) is 106 Å². The number of aliphatic hydroxyl groups is 2. The SMILES string of the molecule is CC(C)(CNO)OCC(C)(C)C(=O)NCCCCCC(=O)N1CCC(O)C1.COC(C)C.OC1CC/C=C\CCC1.[Y]. The number of rotatable bonds is 13. The summed E-state index contributed by atoms with van der Waals surface area (Å²) in [4.78, 5) is 26.0. The van der Waals surface area contributed by atoms with Crippen molar-refractivity contribution in [1.82, 2.24) is 15.7 Å². The van der Waals surface area contributed by atoms with Gasteiger partial charge >= 0.3 is 0 Å². The number of aliphatic hydroxyl groups excluding tert-OH is 2. The van der Waals surface area contributed by atoms with Gasteiger partial charge in [-0.15, -0.1) is 0 Å². The standard InChI is InChI=1S/C19H37N3O5.C8H14O.C4H10O.Y/c1-18(2,14-27-19(3,4)13-21-26)17(25)20-10-7-5-6-8-16(24)22-11-9-15(23)12-22;9-8-6-4-2-1-3-5-7-8;1-4(2)5-3;/h15,21,23,26H,5-14H2,1-4H3,(H,20,25);1-2,8-9H,3-7H2;4H,1-3H3;/b;2-1-;;. The summed E-state index contributed by atoms with van der Waals surface area (Å²) in [5.41, 5.74) is 0.858. The van der Waals surface area contributed by atoms with Gasteiger partial charge in [-0.1, -0.05) is 18.6 Å². The molecule has 0 aromatic heterocycles. The van der Waals surface area contributed by atoms with Gasteiger partial charge in [0.15, 0.2) is 0 Å². The van der Waals surface area contributed by atoms with Gasteiger partial charge in [0.1, 0.15) is 0 Å². The molecular weight excluding hydrogens is 615 g/mol. The Kier molecular flexibility index (Phi) is 25.8. The van der Waals surface area contributed by atoms with Crippen LogP contribution < -0.4 is 10.8 Å². The van der Waals surface area contributed by atoms with E-state index in [9.17, 15) is 19.8 Å². The molecule has 0 aromatic carbocycles. The second-order valence-electron chi connectivity index (χ2n) is 12.5. The summed E-state index contributed by atoms with van der Waals surface area (Å²) in [6, 6.07) is 0. The summed E-state index contributed by atoms with van der Waals surface area (Å²) in [5.74, 6) is 0.0336. The number of allylic oxidation sites excluding steroid dienone is 2. The van der Waals surface area contributed by atoms with Crippen LogP contribution in [0.2, 0.25) is 0 Å². The Hall–Kier alpha value is -0.456. The minimum absolute atomic E-state index is 0. The predicted octanol–water partition coefficient (Wildman–Crippen LogP) is 3.96. The van der Waals surface area contributed by atoms with Gasteiger partial charge < -0.3 is 35.1 Å². The van der Waals surface area contributed by atoms with Crippen molar-refractivity contribution in [1.29, 1.82) is 0 Å². The summed E-state index contributed by atoms with van der Waals surface area (Å²) in [6.45, 7) is 13.5. The molecule has 2 rings (SSSR count). The Labute approximate surface area is 280 Å². The van der Waals surface area contributed by atoms with E-state index in [1.54, 1.807) is 12.0 Å². The van der Waals surface area contributed by atoms with E-state index in [0.29, 0.717) is 38.6 Å². The maximum Gasteiger partial charge on any atom is 0.227 e. The van der Waals surface area contributed by atoms with Gasteiger partial charge in [-0.25, -0.2) is 5.48 Å². The Morgan fingerprint density at radius 3 is 2.21 bits per heavy atom. The molecule has 2 atom stereocenters. The quantitative estimate of drug-likeness (QED) is 0.112. The first-order valence-electron chi connectivity index (χ1n) is 15.3. The number of likely N-dealkylation sites (tertiary alicyclic amines) is 1. The van der Waals surface area contributed by atoms with Gasteiger partial charge in [0.2, 0.25) is 11.8 Å². The fourth-order valence-electron chi connectivity index (χ4n) is 3.97. The van der Waals surface area contributed by atoms with Gasteiger partial charge in [-0.2, -0.15) is 0 Å². The molecule has 1 saturated heterocycles. The largest absolute Gasteiger partial charge is 0.393 e. The fourth-order valence-corrected chi connectivity index (χ4v) is 3.97. The number of nitrogens with zero attached hydrogens (tertiary/aromatic N) is 1. The second-order valence-corrected chi connectivity index (χ2v) is 12.5. The molecule has 0 spiro atoms. The normalized spacial score (nSPS) is 19.7. The molecule has 1 aliphatic heterocycles. The van der Waals surface area contributed by atoms with Crippen LogP contribution in [0.15, 0.2) is 12.2 Å². The van der Waals surface area contributed by atoms with Crippen molar-refractivity contribution >= 4 is 11.8 Å². The van der Waals surface area contributed by atoms with Crippen LogP contribution in [0.5, 0.6) is 0 Å². The third-order valence-electron chi connectivity index (χ3n) is 7.03. The number of unbranched alkanes of at least 4 members (excludes halogenated alkanes) is 2. The number of methoxy groups -OCH3 is 1. The molecule has 0 saturated carbocycles. The summed E-state index contributed by atoms with van der Waals surface area (Å²) in [7, 11) is 1.70. The maximum atomic E-state index is 12.3. The zero-order chi connectivity index (χ0) is 31.3. The van der Waals surface area contributed by atoms with E-state index >= 15 is 0 Å². The van der Waals surface area contributed by atoms with Crippen molar-refractivity contribution in [2.45, 2.75) is 130 Å². The molecule has 1 heterocycles. The van der Waals surface area contributed by atoms with Crippen LogP contribution in [-0.2, 0) is 51.8 Å². The average molecular weight is 677 g/mol. The number of nitrogens with one attached hydrogen (secondary N) is 2. The molecule has 1 fully saturated rings. The molecule has 2 aliphatic rings. The van der Waals surface area contributed by atoms with Crippen LogP contribution in [0, 0.1) is 5.41 Å². The number of ether oxygens (including phenoxy) is 2. The molecule has 2 unspecified atom stereocenters. The van der Waals surface area contributed by atoms with Crippen molar-refractivity contribution in [2.75, 3.05) is 39.9 Å². The molecule has 0 bridgehead atoms. The number of β-amino-alcohol motifs (C(OH)–C–C–N with tert-alkyl or cyclic N) is 1. The van der Waals surface area contributed by atoms with Crippen LogP contribution in [0.4, 0.5) is 0 Å². The van der Waals surface area contributed by atoms with Gasteiger partial charge in [-0.05, 0) is 92.9 Å². The minimum Gasteiger partial charge on any atom is -0.393 e. The Balaban J connectivity index is 0. The smallest absolute Gasteiger partial charge is 0.227 e. The van der Waals surface area contributed by atoms with E-state index in [0.717, 1.165) is 51.4 Å². The fraction of sp³-hybridized carbons (Fsp3) is 0.871. The predicted molar refractivity (Wildman–Crippen MR) is 163 cm³/mol. The van der Waals surface area contributed by atoms with Gasteiger partial charge in [0.05, 0.1) is 35.9 Å². The number of carbonyl (C=O) groups is 2. The van der Waals surface area contributed by atoms with E-state index in [1.165, 1.54) is 0 Å². The van der Waals surface area contributed by atoms with E-state index in [-0.39, 0.29) is 69.9 Å². The summed E-state index contributed by atoms with van der Waals surface area (Å²) in [6.07, 6.45) is 13.3.